The van der Waals surface area contributed by atoms with Crippen LogP contribution in [0.15, 0.2) is 30.7 Å². The Kier molecular flexibility index (Phi) is 3.04. The van der Waals surface area contributed by atoms with Gasteiger partial charge in [0.25, 0.3) is 0 Å². The molecule has 5 nitrogen and oxygen atoms in total. The third-order valence-electron chi connectivity index (χ3n) is 2.91. The number of hydrogen-bond acceptors (Lipinski definition) is 5. The van der Waals surface area contributed by atoms with E-state index in [4.69, 9.17) is 0 Å². The fourth-order valence-electron chi connectivity index (χ4n) is 1.88. The van der Waals surface area contributed by atoms with Crippen molar-refractivity contribution in [3.63, 3.8) is 0 Å². The van der Waals surface area contributed by atoms with Crippen molar-refractivity contribution >= 4 is 22.8 Å². The number of benzene rings is 1. The molecule has 2 aromatic heterocycles. The van der Waals surface area contributed by atoms with Gasteiger partial charge in [0, 0.05) is 26.3 Å². The molecule has 0 saturated carbocycles. The van der Waals surface area contributed by atoms with Crippen LogP contribution < -0.4 is 5.32 Å². The van der Waals surface area contributed by atoms with Gasteiger partial charge < -0.3 is 9.88 Å². The number of aromatic nitrogens is 4. The average Bonchev–Trinajstić information content (AvgIpc) is 2.99. The van der Waals surface area contributed by atoms with Crippen molar-refractivity contribution in [2.45, 2.75) is 13.1 Å². The lowest BCUT2D eigenvalue weighted by Crippen LogP contribution is -2.14. The van der Waals surface area contributed by atoms with Gasteiger partial charge in [0.05, 0.1) is 23.7 Å². The monoisotopic (exact) mass is 259 g/mol. The highest BCUT2D eigenvalue weighted by Gasteiger charge is 2.04. The molecular formula is C12H13N5S. The Morgan fingerprint density at radius 3 is 3.06 bits per heavy atom. The summed E-state index contributed by atoms with van der Waals surface area (Å²) in [6, 6.07) is 6.09. The number of nitrogens with one attached hydrogen (secondary N) is 1. The van der Waals surface area contributed by atoms with Gasteiger partial charge in [-0.15, -0.1) is 0 Å². The van der Waals surface area contributed by atoms with Gasteiger partial charge in [-0.05, 0) is 11.6 Å². The molecule has 6 heteroatoms. The number of imidazole rings is 1. The van der Waals surface area contributed by atoms with Gasteiger partial charge in [-0.2, -0.15) is 8.75 Å². The first-order valence-corrected chi connectivity index (χ1v) is 6.43. The minimum Gasteiger partial charge on any atom is -0.337 e. The van der Waals surface area contributed by atoms with E-state index < -0.39 is 0 Å². The van der Waals surface area contributed by atoms with E-state index in [1.54, 1.807) is 0 Å². The fourth-order valence-corrected chi connectivity index (χ4v) is 2.45. The number of hydrogen-bond donors (Lipinski definition) is 1. The molecular weight excluding hydrogens is 246 g/mol. The summed E-state index contributed by atoms with van der Waals surface area (Å²) in [6.07, 6.45) is 3.68. The van der Waals surface area contributed by atoms with Crippen LogP contribution in [0.25, 0.3) is 11.0 Å². The van der Waals surface area contributed by atoms with E-state index >= 15 is 0 Å². The number of rotatable bonds is 4. The molecule has 0 atom stereocenters. The molecule has 1 aromatic carbocycles. The molecule has 3 aromatic rings. The van der Waals surface area contributed by atoms with Crippen molar-refractivity contribution in [1.82, 2.24) is 23.6 Å². The van der Waals surface area contributed by atoms with Crippen molar-refractivity contribution in [2.75, 3.05) is 0 Å². The zero-order valence-electron chi connectivity index (χ0n) is 10.00. The van der Waals surface area contributed by atoms with Gasteiger partial charge >= 0.3 is 0 Å². The van der Waals surface area contributed by atoms with Crippen molar-refractivity contribution < 1.29 is 0 Å². The number of nitrogens with zero attached hydrogens (tertiary/aromatic N) is 4. The first-order valence-electron chi connectivity index (χ1n) is 5.70. The molecule has 0 unspecified atom stereocenters. The number of fused-ring (bicyclic) bond motifs is 1. The van der Waals surface area contributed by atoms with Crippen LogP contribution in [0.3, 0.4) is 0 Å². The van der Waals surface area contributed by atoms with Crippen LogP contribution in [0.5, 0.6) is 0 Å². The zero-order valence-corrected chi connectivity index (χ0v) is 10.8. The Morgan fingerprint density at radius 1 is 1.28 bits per heavy atom. The third kappa shape index (κ3) is 2.12. The average molecular weight is 259 g/mol. The van der Waals surface area contributed by atoms with Crippen molar-refractivity contribution in [2.24, 2.45) is 7.05 Å². The van der Waals surface area contributed by atoms with Gasteiger partial charge in [0.2, 0.25) is 0 Å². The zero-order chi connectivity index (χ0) is 12.4. The molecule has 1 N–H and O–H groups in total. The predicted octanol–water partition coefficient (Wildman–Crippen LogP) is 1.71. The Morgan fingerprint density at radius 2 is 2.22 bits per heavy atom. The molecule has 0 saturated heterocycles. The van der Waals surface area contributed by atoms with Gasteiger partial charge in [0.15, 0.2) is 0 Å². The molecule has 0 radical (unpaired) electrons. The highest BCUT2D eigenvalue weighted by atomic mass is 32.1. The van der Waals surface area contributed by atoms with E-state index in [0.29, 0.717) is 0 Å². The molecule has 0 aliphatic rings. The Balaban J connectivity index is 1.70. The summed E-state index contributed by atoms with van der Waals surface area (Å²) in [7, 11) is 2.00. The lowest BCUT2D eigenvalue weighted by Gasteiger charge is -2.05. The van der Waals surface area contributed by atoms with Gasteiger partial charge in [-0.25, -0.2) is 4.98 Å². The lowest BCUT2D eigenvalue weighted by molar-refractivity contribution is 0.657. The van der Waals surface area contributed by atoms with Crippen molar-refractivity contribution in [3.05, 3.63) is 42.0 Å². The predicted molar refractivity (Wildman–Crippen MR) is 71.2 cm³/mol. The molecule has 18 heavy (non-hydrogen) atoms. The topological polar surface area (TPSA) is 55.6 Å². The van der Waals surface area contributed by atoms with Crippen molar-refractivity contribution in [1.29, 1.82) is 0 Å². The first-order chi connectivity index (χ1) is 8.84. The van der Waals surface area contributed by atoms with E-state index in [-0.39, 0.29) is 0 Å². The van der Waals surface area contributed by atoms with E-state index in [0.717, 1.165) is 24.1 Å². The standard InChI is InChI=1S/C12H13N5S/c1-17-8-14-7-10(17)6-13-5-9-3-2-4-11-12(9)16-18-15-11/h2-4,7-8,13H,5-6H2,1H3. The summed E-state index contributed by atoms with van der Waals surface area (Å²) >= 11 is 1.26. The Bertz CT molecular complexity index is 657. The minimum absolute atomic E-state index is 0.786. The maximum atomic E-state index is 4.32. The maximum Gasteiger partial charge on any atom is 0.109 e. The molecule has 0 amide bonds. The fraction of sp³-hybridized carbons (Fsp3) is 0.250. The second kappa shape index (κ2) is 4.83. The molecule has 0 spiro atoms. The normalized spacial score (nSPS) is 11.2. The largest absolute Gasteiger partial charge is 0.337 e. The van der Waals surface area contributed by atoms with Crippen LogP contribution in [0.1, 0.15) is 11.3 Å². The summed E-state index contributed by atoms with van der Waals surface area (Å²) in [5.74, 6) is 0. The van der Waals surface area contributed by atoms with Gasteiger partial charge in [-0.1, -0.05) is 12.1 Å². The van der Waals surface area contributed by atoms with Gasteiger partial charge in [0.1, 0.15) is 11.0 Å². The molecule has 0 aliphatic carbocycles. The molecule has 2 heterocycles. The second-order valence-corrected chi connectivity index (χ2v) is 4.68. The van der Waals surface area contributed by atoms with Crippen LogP contribution in [0.4, 0.5) is 0 Å². The molecule has 0 fully saturated rings. The van der Waals surface area contributed by atoms with E-state index in [1.807, 2.05) is 36.3 Å². The van der Waals surface area contributed by atoms with Crippen LogP contribution in [0.2, 0.25) is 0 Å². The SMILES string of the molecule is Cn1cncc1CNCc1cccc2nsnc12. The number of aryl methyl sites for hydroxylation is 1. The van der Waals surface area contributed by atoms with Crippen LogP contribution in [0, 0.1) is 0 Å². The van der Waals surface area contributed by atoms with E-state index in [1.165, 1.54) is 23.0 Å². The molecule has 0 aliphatic heterocycles. The van der Waals surface area contributed by atoms with Crippen LogP contribution in [-0.4, -0.2) is 18.3 Å². The van der Waals surface area contributed by atoms with Gasteiger partial charge in [-0.3, -0.25) is 0 Å². The summed E-state index contributed by atoms with van der Waals surface area (Å²) < 4.78 is 10.6. The minimum atomic E-state index is 0.786. The smallest absolute Gasteiger partial charge is 0.109 e. The quantitative estimate of drug-likeness (QED) is 0.775. The molecule has 3 rings (SSSR count). The highest BCUT2D eigenvalue weighted by Crippen LogP contribution is 2.16. The highest BCUT2D eigenvalue weighted by molar-refractivity contribution is 7.00. The second-order valence-electron chi connectivity index (χ2n) is 4.15. The Hall–Kier alpha value is -1.79. The summed E-state index contributed by atoms with van der Waals surface area (Å²) in [5, 5.41) is 3.40. The van der Waals surface area contributed by atoms with E-state index in [9.17, 15) is 0 Å². The summed E-state index contributed by atoms with van der Waals surface area (Å²) in [4.78, 5) is 4.09. The third-order valence-corrected chi connectivity index (χ3v) is 3.45. The van der Waals surface area contributed by atoms with Crippen molar-refractivity contribution in [3.8, 4) is 0 Å². The maximum absolute atomic E-state index is 4.32. The molecule has 92 valence electrons. The van der Waals surface area contributed by atoms with Crippen LogP contribution in [-0.2, 0) is 20.1 Å². The summed E-state index contributed by atoms with van der Waals surface area (Å²) in [6.45, 7) is 1.58. The summed E-state index contributed by atoms with van der Waals surface area (Å²) in [5.41, 5.74) is 4.32. The van der Waals surface area contributed by atoms with Crippen LogP contribution >= 0.6 is 11.7 Å². The Labute approximate surface area is 109 Å². The first kappa shape index (κ1) is 11.3. The molecule has 0 bridgehead atoms. The lowest BCUT2D eigenvalue weighted by atomic mass is 10.2. The van der Waals surface area contributed by atoms with E-state index in [2.05, 4.69) is 25.1 Å².